The van der Waals surface area contributed by atoms with Crippen molar-refractivity contribution in [2.24, 2.45) is 0 Å². The van der Waals surface area contributed by atoms with Gasteiger partial charge in [-0.15, -0.1) is 11.8 Å². The molecule has 2 aromatic carbocycles. The van der Waals surface area contributed by atoms with Crippen LogP contribution in [0, 0.1) is 0 Å². The van der Waals surface area contributed by atoms with Gasteiger partial charge in [0, 0.05) is 34.3 Å². The maximum atomic E-state index is 5.88. The molecule has 2 rings (SSSR count). The summed E-state index contributed by atoms with van der Waals surface area (Å²) in [6.07, 6.45) is 0. The molecular formula is C19H25ClN3S2+. The van der Waals surface area contributed by atoms with Crippen LogP contribution in [0.15, 0.2) is 53.4 Å². The van der Waals surface area contributed by atoms with E-state index in [9.17, 15) is 0 Å². The van der Waals surface area contributed by atoms with E-state index in [0.29, 0.717) is 5.11 Å². The third kappa shape index (κ3) is 8.10. The third-order valence-corrected chi connectivity index (χ3v) is 5.06. The number of nitrogens with one attached hydrogen (secondary N) is 3. The van der Waals surface area contributed by atoms with E-state index < -0.39 is 0 Å². The summed E-state index contributed by atoms with van der Waals surface area (Å²) >= 11 is 13.0. The van der Waals surface area contributed by atoms with Crippen LogP contribution >= 0.6 is 35.6 Å². The van der Waals surface area contributed by atoms with Crippen molar-refractivity contribution in [1.29, 1.82) is 0 Å². The van der Waals surface area contributed by atoms with Crippen molar-refractivity contribution in [3.8, 4) is 0 Å². The highest BCUT2D eigenvalue weighted by atomic mass is 35.5. The second-order valence-corrected chi connectivity index (χ2v) is 8.13. The van der Waals surface area contributed by atoms with Crippen molar-refractivity contribution >= 4 is 40.7 Å². The van der Waals surface area contributed by atoms with Crippen molar-refractivity contribution in [2.75, 3.05) is 26.4 Å². The van der Waals surface area contributed by atoms with Gasteiger partial charge in [-0.2, -0.15) is 0 Å². The fourth-order valence-corrected chi connectivity index (χ4v) is 3.36. The van der Waals surface area contributed by atoms with E-state index in [1.165, 1.54) is 20.9 Å². The molecule has 0 heterocycles. The van der Waals surface area contributed by atoms with Gasteiger partial charge in [0.2, 0.25) is 0 Å². The van der Waals surface area contributed by atoms with E-state index in [2.05, 4.69) is 49.0 Å². The van der Waals surface area contributed by atoms with Gasteiger partial charge >= 0.3 is 0 Å². The Balaban J connectivity index is 1.62. The van der Waals surface area contributed by atoms with Gasteiger partial charge in [-0.05, 0) is 42.0 Å². The molecule has 3 nitrogen and oxygen atoms in total. The molecule has 0 atom stereocenters. The van der Waals surface area contributed by atoms with Crippen molar-refractivity contribution < 1.29 is 4.90 Å². The Bertz CT molecular complexity index is 657. The van der Waals surface area contributed by atoms with Gasteiger partial charge in [-0.25, -0.2) is 0 Å². The Kier molecular flexibility index (Phi) is 8.55. The Hall–Kier alpha value is -1.27. The molecule has 6 heteroatoms. The fourth-order valence-electron chi connectivity index (χ4n) is 2.29. The lowest BCUT2D eigenvalue weighted by atomic mass is 10.1. The molecule has 25 heavy (non-hydrogen) atoms. The molecular weight excluding hydrogens is 370 g/mol. The predicted octanol–water partition coefficient (Wildman–Crippen LogP) is 2.74. The van der Waals surface area contributed by atoms with Crippen LogP contribution in [0.2, 0.25) is 5.02 Å². The molecule has 0 radical (unpaired) electrons. The number of halogens is 1. The standard InChI is InChI=1S/C19H24ClN3S2/c1-23(2)14-16-5-3-15(4-6-16)13-22-19(24)21-11-12-25-18-9-7-17(20)8-10-18/h3-10H,11-14H2,1-2H3,(H2,21,22,24)/p+1. The third-order valence-electron chi connectivity index (χ3n) is 3.50. The number of hydrogen-bond acceptors (Lipinski definition) is 2. The average molecular weight is 395 g/mol. The SMILES string of the molecule is C[NH+](C)Cc1ccc(CNC(=S)NCCSc2ccc(Cl)cc2)cc1. The maximum Gasteiger partial charge on any atom is 0.166 e. The second kappa shape index (κ2) is 10.7. The lowest BCUT2D eigenvalue weighted by Gasteiger charge is -2.11. The lowest BCUT2D eigenvalue weighted by molar-refractivity contribution is -0.872. The zero-order chi connectivity index (χ0) is 18.1. The smallest absolute Gasteiger partial charge is 0.166 e. The van der Waals surface area contributed by atoms with Crippen molar-refractivity contribution in [3.05, 3.63) is 64.7 Å². The summed E-state index contributed by atoms with van der Waals surface area (Å²) in [6, 6.07) is 16.6. The van der Waals surface area contributed by atoms with Gasteiger partial charge in [0.05, 0.1) is 14.1 Å². The predicted molar refractivity (Wildman–Crippen MR) is 113 cm³/mol. The van der Waals surface area contributed by atoms with E-state index in [-0.39, 0.29) is 0 Å². The largest absolute Gasteiger partial charge is 0.362 e. The van der Waals surface area contributed by atoms with Crippen LogP contribution in [0.25, 0.3) is 0 Å². The van der Waals surface area contributed by atoms with Crippen LogP contribution in [0.1, 0.15) is 11.1 Å². The topological polar surface area (TPSA) is 28.5 Å². The molecule has 0 bridgehead atoms. The molecule has 0 saturated heterocycles. The molecule has 0 aliphatic rings. The van der Waals surface area contributed by atoms with E-state index in [1.54, 1.807) is 11.8 Å². The highest BCUT2D eigenvalue weighted by molar-refractivity contribution is 7.99. The number of benzene rings is 2. The summed E-state index contributed by atoms with van der Waals surface area (Å²) < 4.78 is 0. The Morgan fingerprint density at radius 3 is 2.28 bits per heavy atom. The quantitative estimate of drug-likeness (QED) is 0.365. The summed E-state index contributed by atoms with van der Waals surface area (Å²) in [4.78, 5) is 2.64. The zero-order valence-corrected chi connectivity index (χ0v) is 17.0. The van der Waals surface area contributed by atoms with Crippen LogP contribution in [0.3, 0.4) is 0 Å². The minimum absolute atomic E-state index is 0.693. The number of thioether (sulfide) groups is 1. The summed E-state index contributed by atoms with van der Waals surface area (Å²) in [5.74, 6) is 0.949. The Morgan fingerprint density at radius 2 is 1.64 bits per heavy atom. The number of quaternary nitrogens is 1. The molecule has 0 fully saturated rings. The molecule has 0 amide bonds. The molecule has 0 aliphatic carbocycles. The highest BCUT2D eigenvalue weighted by Crippen LogP contribution is 2.19. The van der Waals surface area contributed by atoms with Crippen LogP contribution in [-0.4, -0.2) is 31.5 Å². The van der Waals surface area contributed by atoms with Crippen LogP contribution < -0.4 is 15.5 Å². The van der Waals surface area contributed by atoms with Gasteiger partial charge in [-0.1, -0.05) is 35.9 Å². The van der Waals surface area contributed by atoms with Crippen LogP contribution in [0.4, 0.5) is 0 Å². The van der Waals surface area contributed by atoms with Crippen LogP contribution in [-0.2, 0) is 13.1 Å². The van der Waals surface area contributed by atoms with Crippen molar-refractivity contribution in [1.82, 2.24) is 10.6 Å². The van der Waals surface area contributed by atoms with Crippen molar-refractivity contribution in [3.63, 3.8) is 0 Å². The van der Waals surface area contributed by atoms with E-state index in [1.807, 2.05) is 24.3 Å². The molecule has 0 unspecified atom stereocenters. The number of rotatable bonds is 8. The first kappa shape index (κ1) is 20.0. The normalized spacial score (nSPS) is 10.7. The summed E-state index contributed by atoms with van der Waals surface area (Å²) in [7, 11) is 4.32. The molecule has 2 aromatic rings. The summed E-state index contributed by atoms with van der Waals surface area (Å²) in [6.45, 7) is 2.61. The fraction of sp³-hybridized carbons (Fsp3) is 0.316. The lowest BCUT2D eigenvalue weighted by Crippen LogP contribution is -3.04. The monoisotopic (exact) mass is 394 g/mol. The zero-order valence-electron chi connectivity index (χ0n) is 14.6. The maximum absolute atomic E-state index is 5.88. The van der Waals surface area contributed by atoms with Crippen molar-refractivity contribution in [2.45, 2.75) is 18.0 Å². The highest BCUT2D eigenvalue weighted by Gasteiger charge is 2.00. The molecule has 3 N–H and O–H groups in total. The number of hydrogen-bond donors (Lipinski definition) is 3. The van der Waals surface area contributed by atoms with E-state index in [4.69, 9.17) is 23.8 Å². The summed E-state index contributed by atoms with van der Waals surface area (Å²) in [5, 5.41) is 7.96. The molecule has 0 aromatic heterocycles. The van der Waals surface area contributed by atoms with E-state index in [0.717, 1.165) is 30.4 Å². The number of thiocarbonyl (C=S) groups is 1. The first-order chi connectivity index (χ1) is 12.0. The molecule has 0 spiro atoms. The molecule has 134 valence electrons. The average Bonchev–Trinajstić information content (AvgIpc) is 2.59. The first-order valence-electron chi connectivity index (χ1n) is 8.30. The Labute approximate surface area is 165 Å². The minimum atomic E-state index is 0.693. The van der Waals surface area contributed by atoms with Gasteiger partial charge in [0.1, 0.15) is 6.54 Å². The van der Waals surface area contributed by atoms with Gasteiger partial charge in [-0.3, -0.25) is 0 Å². The minimum Gasteiger partial charge on any atom is -0.362 e. The Morgan fingerprint density at radius 1 is 1.00 bits per heavy atom. The van der Waals surface area contributed by atoms with E-state index >= 15 is 0 Å². The summed E-state index contributed by atoms with van der Waals surface area (Å²) in [5.41, 5.74) is 2.58. The second-order valence-electron chi connectivity index (χ2n) is 6.11. The molecule has 0 aliphatic heterocycles. The van der Waals surface area contributed by atoms with Gasteiger partial charge in [0.25, 0.3) is 0 Å². The first-order valence-corrected chi connectivity index (χ1v) is 10.1. The van der Waals surface area contributed by atoms with Crippen LogP contribution in [0.5, 0.6) is 0 Å². The molecule has 0 saturated carbocycles. The van der Waals surface area contributed by atoms with Gasteiger partial charge in [0.15, 0.2) is 5.11 Å². The van der Waals surface area contributed by atoms with Gasteiger partial charge < -0.3 is 15.5 Å².